The summed E-state index contributed by atoms with van der Waals surface area (Å²) >= 11 is 0. The first-order valence-electron chi connectivity index (χ1n) is 9.12. The number of carbonyl (C=O) groups excluding carboxylic acids is 2. The van der Waals surface area contributed by atoms with E-state index in [0.29, 0.717) is 25.7 Å². The van der Waals surface area contributed by atoms with Crippen molar-refractivity contribution in [3.63, 3.8) is 0 Å². The Labute approximate surface area is 148 Å². The molecule has 1 aromatic rings. The average Bonchev–Trinajstić information content (AvgIpc) is 3.46. The molecule has 0 spiro atoms. The lowest BCUT2D eigenvalue weighted by atomic mass is 9.96. The summed E-state index contributed by atoms with van der Waals surface area (Å²) in [6.45, 7) is 1.94. The second-order valence-electron chi connectivity index (χ2n) is 6.88. The van der Waals surface area contributed by atoms with Crippen LogP contribution in [0.2, 0.25) is 0 Å². The van der Waals surface area contributed by atoms with Crippen LogP contribution in [-0.4, -0.2) is 49.6 Å². The highest BCUT2D eigenvalue weighted by Crippen LogP contribution is 2.21. The Kier molecular flexibility index (Phi) is 5.79. The zero-order chi connectivity index (χ0) is 17.6. The van der Waals surface area contributed by atoms with Crippen LogP contribution < -0.4 is 15.4 Å². The number of nitrogens with one attached hydrogen (secondary N) is 2. The highest BCUT2D eigenvalue weighted by molar-refractivity contribution is 5.79. The van der Waals surface area contributed by atoms with E-state index in [4.69, 9.17) is 4.74 Å². The van der Waals surface area contributed by atoms with Gasteiger partial charge in [-0.1, -0.05) is 12.1 Å². The fourth-order valence-electron chi connectivity index (χ4n) is 3.14. The maximum absolute atomic E-state index is 12.3. The largest absolute Gasteiger partial charge is 0.497 e. The lowest BCUT2D eigenvalue weighted by Crippen LogP contribution is -2.47. The lowest BCUT2D eigenvalue weighted by Gasteiger charge is -2.31. The van der Waals surface area contributed by atoms with Crippen molar-refractivity contribution in [1.29, 1.82) is 0 Å². The summed E-state index contributed by atoms with van der Waals surface area (Å²) in [7, 11) is 1.65. The highest BCUT2D eigenvalue weighted by Gasteiger charge is 2.30. The molecule has 1 aliphatic heterocycles. The van der Waals surface area contributed by atoms with Gasteiger partial charge in [0, 0.05) is 31.6 Å². The van der Waals surface area contributed by atoms with E-state index in [1.165, 1.54) is 0 Å². The average molecular weight is 345 g/mol. The topological polar surface area (TPSA) is 70.7 Å². The fraction of sp³-hybridized carbons (Fsp3) is 0.579. The third-order valence-corrected chi connectivity index (χ3v) is 4.90. The summed E-state index contributed by atoms with van der Waals surface area (Å²) in [6, 6.07) is 8.30. The molecule has 6 heteroatoms. The Hall–Kier alpha value is -2.24. The summed E-state index contributed by atoms with van der Waals surface area (Å²) in [5.74, 6) is 0.945. The number of carbonyl (C=O) groups is 2. The number of rotatable bonds is 6. The maximum Gasteiger partial charge on any atom is 0.317 e. The van der Waals surface area contributed by atoms with Gasteiger partial charge in [0.1, 0.15) is 5.75 Å². The molecular weight excluding hydrogens is 318 g/mol. The second-order valence-corrected chi connectivity index (χ2v) is 6.88. The number of methoxy groups -OCH3 is 1. The molecule has 25 heavy (non-hydrogen) atoms. The van der Waals surface area contributed by atoms with E-state index in [1.807, 2.05) is 29.2 Å². The number of nitrogens with zero attached hydrogens (tertiary/aromatic N) is 1. The molecule has 0 bridgehead atoms. The smallest absolute Gasteiger partial charge is 0.317 e. The Morgan fingerprint density at radius 1 is 1.20 bits per heavy atom. The first kappa shape index (κ1) is 17.6. The van der Waals surface area contributed by atoms with Gasteiger partial charge in [0.05, 0.1) is 7.11 Å². The minimum atomic E-state index is 0.00952. The van der Waals surface area contributed by atoms with Crippen LogP contribution in [0.3, 0.4) is 0 Å². The van der Waals surface area contributed by atoms with Crippen molar-refractivity contribution in [3.05, 3.63) is 29.8 Å². The van der Waals surface area contributed by atoms with Gasteiger partial charge in [-0.3, -0.25) is 4.79 Å². The standard InChI is InChI=1S/C19H27N3O3/c1-25-17-4-2-3-14(13-17)7-10-20-18(23)15-8-11-22(12-9-15)19(24)21-16-5-6-16/h2-4,13,15-16H,5-12H2,1H3,(H,20,23)(H,21,24). The quantitative estimate of drug-likeness (QED) is 0.828. The predicted molar refractivity (Wildman–Crippen MR) is 95.6 cm³/mol. The minimum Gasteiger partial charge on any atom is -0.497 e. The van der Waals surface area contributed by atoms with Crippen molar-refractivity contribution in [1.82, 2.24) is 15.5 Å². The predicted octanol–water partition coefficient (Wildman–Crippen LogP) is 1.94. The van der Waals surface area contributed by atoms with Gasteiger partial charge in [-0.05, 0) is 49.8 Å². The summed E-state index contributed by atoms with van der Waals surface area (Å²) in [5, 5.41) is 6.03. The van der Waals surface area contributed by atoms with Crippen LogP contribution in [0, 0.1) is 5.92 Å². The zero-order valence-electron chi connectivity index (χ0n) is 14.8. The molecule has 1 saturated carbocycles. The molecule has 2 fully saturated rings. The van der Waals surface area contributed by atoms with Crippen LogP contribution in [0.4, 0.5) is 4.79 Å². The maximum atomic E-state index is 12.3. The van der Waals surface area contributed by atoms with Crippen molar-refractivity contribution in [2.24, 2.45) is 5.92 Å². The first-order chi connectivity index (χ1) is 12.2. The fourth-order valence-corrected chi connectivity index (χ4v) is 3.14. The Morgan fingerprint density at radius 3 is 2.64 bits per heavy atom. The van der Waals surface area contributed by atoms with Crippen molar-refractivity contribution in [2.75, 3.05) is 26.7 Å². The molecule has 1 saturated heterocycles. The monoisotopic (exact) mass is 345 g/mol. The number of ether oxygens (including phenoxy) is 1. The molecule has 2 aliphatic rings. The zero-order valence-corrected chi connectivity index (χ0v) is 14.8. The van der Waals surface area contributed by atoms with Crippen LogP contribution in [0.25, 0.3) is 0 Å². The molecular formula is C19H27N3O3. The van der Waals surface area contributed by atoms with Gasteiger partial charge in [0.2, 0.25) is 5.91 Å². The van der Waals surface area contributed by atoms with Crippen LogP contribution in [0.5, 0.6) is 5.75 Å². The van der Waals surface area contributed by atoms with Crippen LogP contribution in [0.15, 0.2) is 24.3 Å². The van der Waals surface area contributed by atoms with Gasteiger partial charge in [-0.15, -0.1) is 0 Å². The van der Waals surface area contributed by atoms with Gasteiger partial charge in [-0.2, -0.15) is 0 Å². The van der Waals surface area contributed by atoms with Gasteiger partial charge in [-0.25, -0.2) is 4.79 Å². The van der Waals surface area contributed by atoms with Gasteiger partial charge < -0.3 is 20.3 Å². The summed E-state index contributed by atoms with van der Waals surface area (Å²) in [5.41, 5.74) is 1.14. The molecule has 3 rings (SSSR count). The highest BCUT2D eigenvalue weighted by atomic mass is 16.5. The number of piperidine rings is 1. The second kappa shape index (κ2) is 8.23. The van der Waals surface area contributed by atoms with Gasteiger partial charge in [0.25, 0.3) is 0 Å². The molecule has 2 N–H and O–H groups in total. The van der Waals surface area contributed by atoms with Crippen molar-refractivity contribution < 1.29 is 14.3 Å². The minimum absolute atomic E-state index is 0.00952. The Morgan fingerprint density at radius 2 is 1.96 bits per heavy atom. The van der Waals surface area contributed by atoms with Gasteiger partial charge in [0.15, 0.2) is 0 Å². The van der Waals surface area contributed by atoms with Crippen LogP contribution >= 0.6 is 0 Å². The Bertz CT molecular complexity index is 608. The molecule has 1 aliphatic carbocycles. The Balaban J connectivity index is 1.36. The number of hydrogen-bond donors (Lipinski definition) is 2. The number of likely N-dealkylation sites (tertiary alicyclic amines) is 1. The SMILES string of the molecule is COc1cccc(CCNC(=O)C2CCN(C(=O)NC3CC3)CC2)c1. The van der Waals surface area contributed by atoms with Gasteiger partial charge >= 0.3 is 6.03 Å². The number of benzene rings is 1. The molecule has 0 atom stereocenters. The molecule has 3 amide bonds. The van der Waals surface area contributed by atoms with E-state index >= 15 is 0 Å². The van der Waals surface area contributed by atoms with Crippen molar-refractivity contribution in [3.8, 4) is 5.75 Å². The first-order valence-corrected chi connectivity index (χ1v) is 9.12. The normalized spacial score (nSPS) is 17.9. The molecule has 1 aromatic carbocycles. The van der Waals surface area contributed by atoms with Crippen molar-refractivity contribution in [2.45, 2.75) is 38.1 Å². The van der Waals surface area contributed by atoms with Crippen LogP contribution in [0.1, 0.15) is 31.2 Å². The van der Waals surface area contributed by atoms with E-state index < -0.39 is 0 Å². The van der Waals surface area contributed by atoms with E-state index in [9.17, 15) is 9.59 Å². The van der Waals surface area contributed by atoms with Crippen molar-refractivity contribution >= 4 is 11.9 Å². The van der Waals surface area contributed by atoms with E-state index in [1.54, 1.807) is 7.11 Å². The molecule has 0 aromatic heterocycles. The molecule has 0 radical (unpaired) electrons. The van der Waals surface area contributed by atoms with E-state index in [0.717, 1.165) is 43.4 Å². The summed E-state index contributed by atoms with van der Waals surface area (Å²) in [4.78, 5) is 26.2. The summed E-state index contributed by atoms with van der Waals surface area (Å²) in [6.07, 6.45) is 4.45. The summed E-state index contributed by atoms with van der Waals surface area (Å²) < 4.78 is 5.21. The third kappa shape index (κ3) is 5.11. The third-order valence-electron chi connectivity index (χ3n) is 4.90. The molecule has 0 unspecified atom stereocenters. The molecule has 1 heterocycles. The van der Waals surface area contributed by atoms with Crippen LogP contribution in [-0.2, 0) is 11.2 Å². The van der Waals surface area contributed by atoms with E-state index in [2.05, 4.69) is 10.6 Å². The number of urea groups is 1. The number of hydrogen-bond acceptors (Lipinski definition) is 3. The molecule has 6 nitrogen and oxygen atoms in total. The van der Waals surface area contributed by atoms with E-state index in [-0.39, 0.29) is 17.9 Å². The number of amides is 3. The molecule has 136 valence electrons. The lowest BCUT2D eigenvalue weighted by molar-refractivity contribution is -0.126.